The van der Waals surface area contributed by atoms with Crippen molar-refractivity contribution in [3.63, 3.8) is 0 Å². The Morgan fingerprint density at radius 3 is 2.18 bits per heavy atom. The van der Waals surface area contributed by atoms with Crippen LogP contribution in [0.1, 0.15) is 5.56 Å². The van der Waals surface area contributed by atoms with Crippen LogP contribution in [0.5, 0.6) is 23.0 Å². The van der Waals surface area contributed by atoms with Gasteiger partial charge in [0.1, 0.15) is 21.7 Å². The van der Waals surface area contributed by atoms with E-state index in [0.717, 1.165) is 15.8 Å². The monoisotopic (exact) mass is 402 g/mol. The number of aryl methyl sites for hydroxylation is 1. The zero-order valence-corrected chi connectivity index (χ0v) is 17.3. The van der Waals surface area contributed by atoms with Crippen LogP contribution in [-0.4, -0.2) is 38.9 Å². The van der Waals surface area contributed by atoms with E-state index in [1.807, 2.05) is 29.8 Å². The smallest absolute Gasteiger partial charge is 0.252 e. The fourth-order valence-electron chi connectivity index (χ4n) is 2.94. The normalized spacial score (nSPS) is 11.5. The molecule has 0 radical (unpaired) electrons. The highest BCUT2D eigenvalue weighted by Gasteiger charge is 2.15. The number of methoxy groups -OCH3 is 4. The lowest BCUT2D eigenvalue weighted by Crippen LogP contribution is -2.14. The van der Waals surface area contributed by atoms with Gasteiger partial charge in [-0.15, -0.1) is 0 Å². The van der Waals surface area contributed by atoms with Crippen LogP contribution in [0.4, 0.5) is 0 Å². The van der Waals surface area contributed by atoms with Crippen LogP contribution in [0.2, 0.25) is 0 Å². The number of rotatable bonds is 6. The molecule has 1 amide bonds. The number of ether oxygens (including phenoxy) is 4. The van der Waals surface area contributed by atoms with Gasteiger partial charge in [-0.05, 0) is 29.8 Å². The third kappa shape index (κ3) is 3.68. The Labute approximate surface area is 166 Å². The first-order valence-electron chi connectivity index (χ1n) is 8.51. The summed E-state index contributed by atoms with van der Waals surface area (Å²) in [6.07, 6.45) is 0.156. The highest BCUT2D eigenvalue weighted by molar-refractivity contribution is 7.16. The van der Waals surface area contributed by atoms with Crippen molar-refractivity contribution < 1.29 is 23.7 Å². The minimum atomic E-state index is -0.257. The fourth-order valence-corrected chi connectivity index (χ4v) is 4.09. The molecule has 0 atom stereocenters. The molecule has 0 fully saturated rings. The first kappa shape index (κ1) is 19.8. The molecule has 8 heteroatoms. The number of benzene rings is 2. The standard InChI is InChI=1S/C20H22N2O5S/c1-22-18-14(25-3)8-9-15(26-4)19(18)28-20(22)21-17(23)11-12-6-7-13(24-2)16(10-12)27-5/h6-10H,11H2,1-5H3. The van der Waals surface area contributed by atoms with Crippen molar-refractivity contribution in [1.82, 2.24) is 4.57 Å². The number of thiazole rings is 1. The van der Waals surface area contributed by atoms with Crippen LogP contribution in [0.15, 0.2) is 35.3 Å². The summed E-state index contributed by atoms with van der Waals surface area (Å²) in [5.74, 6) is 2.35. The highest BCUT2D eigenvalue weighted by Crippen LogP contribution is 2.34. The Hall–Kier alpha value is -3.00. The zero-order valence-electron chi connectivity index (χ0n) is 16.4. The van der Waals surface area contributed by atoms with Crippen LogP contribution in [0.25, 0.3) is 10.2 Å². The Kier molecular flexibility index (Phi) is 5.89. The van der Waals surface area contributed by atoms with E-state index in [-0.39, 0.29) is 12.3 Å². The third-order valence-corrected chi connectivity index (χ3v) is 5.48. The molecular weight excluding hydrogens is 380 g/mol. The lowest BCUT2D eigenvalue weighted by molar-refractivity contribution is -0.117. The topological polar surface area (TPSA) is 71.3 Å². The van der Waals surface area contributed by atoms with E-state index >= 15 is 0 Å². The summed E-state index contributed by atoms with van der Waals surface area (Å²) in [5.41, 5.74) is 1.63. The molecule has 0 aliphatic rings. The van der Waals surface area contributed by atoms with Crippen molar-refractivity contribution in [1.29, 1.82) is 0 Å². The molecule has 3 aromatic rings. The van der Waals surface area contributed by atoms with E-state index in [4.69, 9.17) is 18.9 Å². The maximum atomic E-state index is 12.6. The van der Waals surface area contributed by atoms with Crippen LogP contribution < -0.4 is 23.7 Å². The number of hydrogen-bond donors (Lipinski definition) is 0. The Bertz CT molecular complexity index is 1080. The number of carbonyl (C=O) groups excluding carboxylic acids is 1. The molecular formula is C20H22N2O5S. The van der Waals surface area contributed by atoms with Crippen molar-refractivity contribution in [3.05, 3.63) is 40.7 Å². The number of aromatic nitrogens is 1. The summed E-state index contributed by atoms with van der Waals surface area (Å²) < 4.78 is 24.1. The summed E-state index contributed by atoms with van der Waals surface area (Å²) in [6.45, 7) is 0. The van der Waals surface area contributed by atoms with Crippen molar-refractivity contribution in [2.24, 2.45) is 12.0 Å². The SMILES string of the molecule is COc1ccc(CC(=O)N=c2sc3c(OC)ccc(OC)c3n2C)cc1OC. The number of nitrogens with zero attached hydrogens (tertiary/aromatic N) is 2. The Balaban J connectivity index is 1.98. The van der Waals surface area contributed by atoms with Gasteiger partial charge in [0.2, 0.25) is 0 Å². The van der Waals surface area contributed by atoms with Crippen molar-refractivity contribution in [2.45, 2.75) is 6.42 Å². The second-order valence-corrected chi connectivity index (χ2v) is 6.94. The maximum Gasteiger partial charge on any atom is 0.252 e. The van der Waals surface area contributed by atoms with E-state index < -0.39 is 0 Å². The molecule has 7 nitrogen and oxygen atoms in total. The second-order valence-electron chi connectivity index (χ2n) is 5.96. The zero-order chi connectivity index (χ0) is 20.3. The highest BCUT2D eigenvalue weighted by atomic mass is 32.1. The summed E-state index contributed by atoms with van der Waals surface area (Å²) in [7, 11) is 8.20. The molecule has 0 aliphatic heterocycles. The van der Waals surface area contributed by atoms with E-state index in [1.165, 1.54) is 11.3 Å². The van der Waals surface area contributed by atoms with E-state index in [1.54, 1.807) is 40.6 Å². The van der Waals surface area contributed by atoms with Crippen LogP contribution in [0, 0.1) is 0 Å². The van der Waals surface area contributed by atoms with Crippen LogP contribution in [0.3, 0.4) is 0 Å². The number of amides is 1. The van der Waals surface area contributed by atoms with Gasteiger partial charge in [0.15, 0.2) is 16.3 Å². The molecule has 0 aliphatic carbocycles. The molecule has 0 saturated carbocycles. The quantitative estimate of drug-likeness (QED) is 0.634. The van der Waals surface area contributed by atoms with Gasteiger partial charge in [-0.3, -0.25) is 4.79 Å². The van der Waals surface area contributed by atoms with Crippen LogP contribution in [-0.2, 0) is 18.3 Å². The first-order chi connectivity index (χ1) is 13.5. The summed E-state index contributed by atoms with van der Waals surface area (Å²) in [6, 6.07) is 9.06. The minimum absolute atomic E-state index is 0.156. The molecule has 0 spiro atoms. The summed E-state index contributed by atoms with van der Waals surface area (Å²) in [5, 5.41) is 0. The first-order valence-corrected chi connectivity index (χ1v) is 9.33. The molecule has 0 N–H and O–H groups in total. The fraction of sp³-hybridized carbons (Fsp3) is 0.300. The maximum absolute atomic E-state index is 12.6. The third-order valence-electron chi connectivity index (χ3n) is 4.34. The molecule has 148 valence electrons. The Morgan fingerprint density at radius 2 is 1.54 bits per heavy atom. The molecule has 0 saturated heterocycles. The van der Waals surface area contributed by atoms with Crippen LogP contribution >= 0.6 is 11.3 Å². The lowest BCUT2D eigenvalue weighted by Gasteiger charge is -2.08. The van der Waals surface area contributed by atoms with E-state index in [0.29, 0.717) is 27.8 Å². The largest absolute Gasteiger partial charge is 0.495 e. The molecule has 1 heterocycles. The molecule has 2 aromatic carbocycles. The summed E-state index contributed by atoms with van der Waals surface area (Å²) >= 11 is 1.38. The van der Waals surface area contributed by atoms with Gasteiger partial charge in [0.05, 0.1) is 34.9 Å². The molecule has 28 heavy (non-hydrogen) atoms. The predicted octanol–water partition coefficient (Wildman–Crippen LogP) is 2.94. The number of hydrogen-bond acceptors (Lipinski definition) is 6. The van der Waals surface area contributed by atoms with Gasteiger partial charge in [-0.2, -0.15) is 4.99 Å². The average Bonchev–Trinajstić information content (AvgIpc) is 3.03. The molecule has 0 unspecified atom stereocenters. The van der Waals surface area contributed by atoms with Gasteiger partial charge in [-0.25, -0.2) is 0 Å². The molecule has 0 bridgehead atoms. The van der Waals surface area contributed by atoms with Gasteiger partial charge in [0, 0.05) is 7.05 Å². The average molecular weight is 402 g/mol. The van der Waals surface area contributed by atoms with Gasteiger partial charge < -0.3 is 23.5 Å². The molecule has 1 aromatic heterocycles. The molecule has 3 rings (SSSR count). The second kappa shape index (κ2) is 8.35. The van der Waals surface area contributed by atoms with Crippen molar-refractivity contribution in [2.75, 3.05) is 28.4 Å². The van der Waals surface area contributed by atoms with Gasteiger partial charge in [-0.1, -0.05) is 17.4 Å². The van der Waals surface area contributed by atoms with Crippen molar-refractivity contribution in [3.8, 4) is 23.0 Å². The minimum Gasteiger partial charge on any atom is -0.495 e. The van der Waals surface area contributed by atoms with E-state index in [2.05, 4.69) is 4.99 Å². The number of fused-ring (bicyclic) bond motifs is 1. The van der Waals surface area contributed by atoms with Gasteiger partial charge >= 0.3 is 0 Å². The Morgan fingerprint density at radius 1 is 0.929 bits per heavy atom. The van der Waals surface area contributed by atoms with Crippen molar-refractivity contribution >= 4 is 27.5 Å². The van der Waals surface area contributed by atoms with E-state index in [9.17, 15) is 4.79 Å². The lowest BCUT2D eigenvalue weighted by atomic mass is 10.1. The number of carbonyl (C=O) groups is 1. The van der Waals surface area contributed by atoms with Gasteiger partial charge in [0.25, 0.3) is 5.91 Å². The summed E-state index contributed by atoms with van der Waals surface area (Å²) in [4.78, 5) is 17.4. The predicted molar refractivity (Wildman–Crippen MR) is 108 cm³/mol.